The van der Waals surface area contributed by atoms with Gasteiger partial charge in [-0.2, -0.15) is 0 Å². The number of imide groups is 1. The molecule has 6 heteroatoms. The van der Waals surface area contributed by atoms with Crippen molar-refractivity contribution in [2.24, 2.45) is 0 Å². The SMILES string of the molecule is Cc1ccccc1N1C(=O)c2ccc(C(=O)NCCCN3CCCC3)cc2C1=O. The molecule has 2 aromatic carbocycles. The number of fused-ring (bicyclic) bond motifs is 1. The second kappa shape index (κ2) is 8.17. The predicted molar refractivity (Wildman–Crippen MR) is 111 cm³/mol. The van der Waals surface area contributed by atoms with E-state index in [4.69, 9.17) is 0 Å². The number of para-hydroxylation sites is 1. The van der Waals surface area contributed by atoms with E-state index in [0.717, 1.165) is 31.6 Å². The molecule has 2 heterocycles. The van der Waals surface area contributed by atoms with E-state index in [1.54, 1.807) is 24.3 Å². The third-order valence-corrected chi connectivity index (χ3v) is 5.64. The first kappa shape index (κ1) is 19.3. The zero-order chi connectivity index (χ0) is 20.4. The number of benzene rings is 2. The van der Waals surface area contributed by atoms with E-state index < -0.39 is 0 Å². The Labute approximate surface area is 170 Å². The molecule has 0 spiro atoms. The number of likely N-dealkylation sites (tertiary alicyclic amines) is 1. The van der Waals surface area contributed by atoms with Crippen molar-refractivity contribution < 1.29 is 14.4 Å². The number of nitrogens with zero attached hydrogens (tertiary/aromatic N) is 2. The second-order valence-electron chi connectivity index (χ2n) is 7.65. The van der Waals surface area contributed by atoms with E-state index in [1.807, 2.05) is 19.1 Å². The molecule has 29 heavy (non-hydrogen) atoms. The van der Waals surface area contributed by atoms with Gasteiger partial charge < -0.3 is 10.2 Å². The van der Waals surface area contributed by atoms with Crippen molar-refractivity contribution >= 4 is 23.4 Å². The molecule has 2 aliphatic heterocycles. The van der Waals surface area contributed by atoms with E-state index >= 15 is 0 Å². The average Bonchev–Trinajstić information content (AvgIpc) is 3.33. The zero-order valence-electron chi connectivity index (χ0n) is 16.6. The number of carbonyl (C=O) groups is 3. The third kappa shape index (κ3) is 3.80. The molecule has 0 aromatic heterocycles. The fraction of sp³-hybridized carbons (Fsp3) is 0.348. The Hall–Kier alpha value is -2.99. The molecule has 0 saturated carbocycles. The van der Waals surface area contributed by atoms with Gasteiger partial charge >= 0.3 is 0 Å². The minimum absolute atomic E-state index is 0.219. The van der Waals surface area contributed by atoms with Crippen molar-refractivity contribution in [3.8, 4) is 0 Å². The standard InChI is InChI=1S/C23H25N3O3/c1-16-7-2-3-8-20(16)26-22(28)18-10-9-17(15-19(18)23(26)29)21(27)24-11-6-14-25-12-4-5-13-25/h2-3,7-10,15H,4-6,11-14H2,1H3,(H,24,27). The normalized spacial score (nSPS) is 16.4. The number of anilines is 1. The summed E-state index contributed by atoms with van der Waals surface area (Å²) in [7, 11) is 0. The summed E-state index contributed by atoms with van der Waals surface area (Å²) >= 11 is 0. The summed E-state index contributed by atoms with van der Waals surface area (Å²) in [6.07, 6.45) is 3.41. The van der Waals surface area contributed by atoms with Crippen LogP contribution in [0.25, 0.3) is 0 Å². The number of hydrogen-bond donors (Lipinski definition) is 1. The molecule has 150 valence electrons. The smallest absolute Gasteiger partial charge is 0.266 e. The molecule has 0 aliphatic carbocycles. The molecule has 2 aromatic rings. The second-order valence-corrected chi connectivity index (χ2v) is 7.65. The number of carbonyl (C=O) groups excluding carboxylic acids is 3. The summed E-state index contributed by atoms with van der Waals surface area (Å²) in [6.45, 7) is 5.73. The van der Waals surface area contributed by atoms with Crippen LogP contribution in [0, 0.1) is 6.92 Å². The molecule has 2 aliphatic rings. The van der Waals surface area contributed by atoms with E-state index in [9.17, 15) is 14.4 Å². The number of nitrogens with one attached hydrogen (secondary N) is 1. The van der Waals surface area contributed by atoms with Gasteiger partial charge in [-0.1, -0.05) is 18.2 Å². The molecule has 3 amide bonds. The molecule has 0 unspecified atom stereocenters. The average molecular weight is 391 g/mol. The van der Waals surface area contributed by atoms with Gasteiger partial charge in [0.15, 0.2) is 0 Å². The number of rotatable bonds is 6. The van der Waals surface area contributed by atoms with Crippen LogP contribution in [0.5, 0.6) is 0 Å². The van der Waals surface area contributed by atoms with Gasteiger partial charge in [0.05, 0.1) is 16.8 Å². The highest BCUT2D eigenvalue weighted by Crippen LogP contribution is 2.30. The van der Waals surface area contributed by atoms with Gasteiger partial charge in [-0.25, -0.2) is 4.90 Å². The van der Waals surface area contributed by atoms with Crippen LogP contribution in [0.1, 0.15) is 55.9 Å². The first-order valence-electron chi connectivity index (χ1n) is 10.2. The summed E-state index contributed by atoms with van der Waals surface area (Å²) < 4.78 is 0. The molecule has 6 nitrogen and oxygen atoms in total. The van der Waals surface area contributed by atoms with Gasteiger partial charge in [-0.05, 0) is 75.6 Å². The lowest BCUT2D eigenvalue weighted by Gasteiger charge is -2.16. The van der Waals surface area contributed by atoms with Gasteiger partial charge in [0.2, 0.25) is 0 Å². The van der Waals surface area contributed by atoms with Crippen molar-refractivity contribution in [2.45, 2.75) is 26.2 Å². The zero-order valence-corrected chi connectivity index (χ0v) is 16.6. The first-order chi connectivity index (χ1) is 14.1. The summed E-state index contributed by atoms with van der Waals surface area (Å²) in [5.74, 6) is -0.955. The first-order valence-corrected chi connectivity index (χ1v) is 10.2. The highest BCUT2D eigenvalue weighted by atomic mass is 16.2. The van der Waals surface area contributed by atoms with Crippen molar-refractivity contribution in [2.75, 3.05) is 31.1 Å². The lowest BCUT2D eigenvalue weighted by molar-refractivity contribution is 0.0923. The maximum Gasteiger partial charge on any atom is 0.266 e. The topological polar surface area (TPSA) is 69.7 Å². The molecule has 0 atom stereocenters. The molecule has 1 fully saturated rings. The van der Waals surface area contributed by atoms with Crippen LogP contribution in [-0.4, -0.2) is 48.8 Å². The number of amides is 3. The van der Waals surface area contributed by atoms with E-state index in [0.29, 0.717) is 23.4 Å². The van der Waals surface area contributed by atoms with Crippen LogP contribution in [0.15, 0.2) is 42.5 Å². The molecular formula is C23H25N3O3. The number of aryl methyl sites for hydroxylation is 1. The van der Waals surface area contributed by atoms with Crippen molar-refractivity contribution in [1.82, 2.24) is 10.2 Å². The quantitative estimate of drug-likeness (QED) is 0.607. The van der Waals surface area contributed by atoms with E-state index in [2.05, 4.69) is 10.2 Å². The Bertz CT molecular complexity index is 964. The van der Waals surface area contributed by atoms with Crippen LogP contribution < -0.4 is 10.2 Å². The summed E-state index contributed by atoms with van der Waals surface area (Å²) in [4.78, 5) is 41.8. The number of hydrogen-bond acceptors (Lipinski definition) is 4. The van der Waals surface area contributed by atoms with Gasteiger partial charge in [0.1, 0.15) is 0 Å². The molecule has 1 saturated heterocycles. The lowest BCUT2D eigenvalue weighted by Crippen LogP contribution is -2.30. The van der Waals surface area contributed by atoms with Crippen LogP contribution in [0.3, 0.4) is 0 Å². The molecule has 4 rings (SSSR count). The lowest BCUT2D eigenvalue weighted by atomic mass is 10.1. The van der Waals surface area contributed by atoms with Crippen LogP contribution in [0.4, 0.5) is 5.69 Å². The Kier molecular flexibility index (Phi) is 5.45. The Morgan fingerprint density at radius 3 is 2.48 bits per heavy atom. The third-order valence-electron chi connectivity index (χ3n) is 5.64. The van der Waals surface area contributed by atoms with Gasteiger partial charge in [-0.3, -0.25) is 14.4 Å². The molecule has 1 N–H and O–H groups in total. The van der Waals surface area contributed by atoms with Crippen molar-refractivity contribution in [1.29, 1.82) is 0 Å². The minimum Gasteiger partial charge on any atom is -0.352 e. The van der Waals surface area contributed by atoms with Crippen molar-refractivity contribution in [3.05, 3.63) is 64.7 Å². The van der Waals surface area contributed by atoms with E-state index in [1.165, 1.54) is 23.8 Å². The van der Waals surface area contributed by atoms with Gasteiger partial charge in [0.25, 0.3) is 17.7 Å². The fourth-order valence-corrected chi connectivity index (χ4v) is 4.03. The van der Waals surface area contributed by atoms with Crippen LogP contribution in [0.2, 0.25) is 0 Å². The summed E-state index contributed by atoms with van der Waals surface area (Å²) in [6, 6.07) is 12.0. The Morgan fingerprint density at radius 1 is 1.00 bits per heavy atom. The highest BCUT2D eigenvalue weighted by molar-refractivity contribution is 6.35. The van der Waals surface area contributed by atoms with Gasteiger partial charge in [0, 0.05) is 12.1 Å². The molecule has 0 bridgehead atoms. The monoisotopic (exact) mass is 391 g/mol. The fourth-order valence-electron chi connectivity index (χ4n) is 4.03. The Balaban J connectivity index is 1.44. The maximum absolute atomic E-state index is 12.9. The highest BCUT2D eigenvalue weighted by Gasteiger charge is 2.37. The predicted octanol–water partition coefficient (Wildman–Crippen LogP) is 3.01. The minimum atomic E-state index is -0.386. The largest absolute Gasteiger partial charge is 0.352 e. The van der Waals surface area contributed by atoms with Crippen LogP contribution in [-0.2, 0) is 0 Å². The van der Waals surface area contributed by atoms with Crippen LogP contribution >= 0.6 is 0 Å². The maximum atomic E-state index is 12.9. The summed E-state index contributed by atoms with van der Waals surface area (Å²) in [5, 5.41) is 2.92. The van der Waals surface area contributed by atoms with Gasteiger partial charge in [-0.15, -0.1) is 0 Å². The van der Waals surface area contributed by atoms with Crippen molar-refractivity contribution in [3.63, 3.8) is 0 Å². The Morgan fingerprint density at radius 2 is 1.72 bits per heavy atom. The molecular weight excluding hydrogens is 366 g/mol. The molecule has 0 radical (unpaired) electrons. The summed E-state index contributed by atoms with van der Waals surface area (Å²) in [5.41, 5.74) is 2.44. The van der Waals surface area contributed by atoms with E-state index in [-0.39, 0.29) is 23.3 Å².